The van der Waals surface area contributed by atoms with Gasteiger partial charge in [-0.1, -0.05) is 12.8 Å². The summed E-state index contributed by atoms with van der Waals surface area (Å²) in [5.74, 6) is 0. The van der Waals surface area contributed by atoms with Crippen LogP contribution in [-0.4, -0.2) is 9.97 Å². The average Bonchev–Trinajstić information content (AvgIpc) is 2.68. The van der Waals surface area contributed by atoms with Gasteiger partial charge in [0.1, 0.15) is 0 Å². The molecule has 0 amide bonds. The van der Waals surface area contributed by atoms with E-state index in [0.717, 1.165) is 30.5 Å². The zero-order valence-electron chi connectivity index (χ0n) is 9.27. The van der Waals surface area contributed by atoms with E-state index in [1.54, 1.807) is 0 Å². The minimum Gasteiger partial charge on any atom is -0.311 e. The Bertz CT molecular complexity index is 521. The summed E-state index contributed by atoms with van der Waals surface area (Å²) in [6, 6.07) is 0. The quantitative estimate of drug-likeness (QED) is 0.688. The van der Waals surface area contributed by atoms with Crippen LogP contribution in [0.3, 0.4) is 0 Å². The molecule has 2 aliphatic carbocycles. The highest BCUT2D eigenvalue weighted by Gasteiger charge is 2.38. The Morgan fingerprint density at radius 3 is 2.50 bits per heavy atom. The molecule has 0 atom stereocenters. The van der Waals surface area contributed by atoms with Crippen molar-refractivity contribution in [2.75, 3.05) is 0 Å². The van der Waals surface area contributed by atoms with Crippen LogP contribution in [0.1, 0.15) is 43.4 Å². The van der Waals surface area contributed by atoms with Crippen LogP contribution in [0.2, 0.25) is 0 Å². The molecular weight excluding hydrogens is 204 g/mol. The molecule has 1 aromatic heterocycles. The third-order valence-electron chi connectivity index (χ3n) is 4.25. The number of H-pyrrole nitrogens is 2. The third-order valence-corrected chi connectivity index (χ3v) is 4.25. The summed E-state index contributed by atoms with van der Waals surface area (Å²) in [4.78, 5) is 28.0. The van der Waals surface area contributed by atoms with E-state index in [2.05, 4.69) is 9.97 Å². The van der Waals surface area contributed by atoms with Crippen LogP contribution in [-0.2, 0) is 12.8 Å². The van der Waals surface area contributed by atoms with E-state index in [1.165, 1.54) is 25.7 Å². The Morgan fingerprint density at radius 2 is 1.75 bits per heavy atom. The molecule has 1 aromatic rings. The molecule has 1 saturated carbocycles. The number of hydrogen-bond acceptors (Lipinski definition) is 2. The summed E-state index contributed by atoms with van der Waals surface area (Å²) in [7, 11) is 0. The lowest BCUT2D eigenvalue weighted by atomic mass is 9.72. The fourth-order valence-corrected chi connectivity index (χ4v) is 3.37. The van der Waals surface area contributed by atoms with E-state index in [-0.39, 0.29) is 11.2 Å². The Morgan fingerprint density at radius 1 is 1.00 bits per heavy atom. The summed E-state index contributed by atoms with van der Waals surface area (Å²) in [6.45, 7) is 0. The molecule has 0 saturated heterocycles. The van der Waals surface area contributed by atoms with Crippen LogP contribution in [0.15, 0.2) is 9.59 Å². The molecule has 0 aliphatic heterocycles. The zero-order chi connectivity index (χ0) is 11.2. The highest BCUT2D eigenvalue weighted by atomic mass is 16.2. The number of rotatable bonds is 0. The number of aryl methyl sites for hydroxylation is 1. The van der Waals surface area contributed by atoms with E-state index >= 15 is 0 Å². The highest BCUT2D eigenvalue weighted by molar-refractivity contribution is 5.22. The van der Waals surface area contributed by atoms with Crippen LogP contribution < -0.4 is 11.2 Å². The van der Waals surface area contributed by atoms with Crippen LogP contribution in [0.25, 0.3) is 0 Å². The summed E-state index contributed by atoms with van der Waals surface area (Å²) in [5.41, 5.74) is 1.51. The first-order valence-electron chi connectivity index (χ1n) is 6.03. The van der Waals surface area contributed by atoms with Gasteiger partial charge in [0.05, 0.1) is 0 Å². The van der Waals surface area contributed by atoms with Crippen LogP contribution in [0, 0.1) is 5.41 Å². The Balaban J connectivity index is 2.06. The minimum absolute atomic E-state index is 0.176. The molecule has 0 aromatic carbocycles. The Kier molecular flexibility index (Phi) is 2.06. The van der Waals surface area contributed by atoms with Crippen molar-refractivity contribution in [1.29, 1.82) is 0 Å². The minimum atomic E-state index is -0.369. The molecule has 1 heterocycles. The van der Waals surface area contributed by atoms with Crippen LogP contribution >= 0.6 is 0 Å². The van der Waals surface area contributed by atoms with Gasteiger partial charge in [0.2, 0.25) is 0 Å². The molecule has 16 heavy (non-hydrogen) atoms. The summed E-state index contributed by atoms with van der Waals surface area (Å²) < 4.78 is 0. The van der Waals surface area contributed by atoms with Crippen molar-refractivity contribution in [2.24, 2.45) is 5.41 Å². The third kappa shape index (κ3) is 1.44. The predicted octanol–water partition coefficient (Wildman–Crippen LogP) is 1.11. The van der Waals surface area contributed by atoms with Crippen molar-refractivity contribution in [3.8, 4) is 0 Å². The molecule has 4 heteroatoms. The van der Waals surface area contributed by atoms with Crippen molar-refractivity contribution in [3.05, 3.63) is 32.1 Å². The number of fused-ring (bicyclic) bond motifs is 1. The maximum Gasteiger partial charge on any atom is 0.325 e. The second-order valence-electron chi connectivity index (χ2n) is 5.25. The van der Waals surface area contributed by atoms with E-state index in [4.69, 9.17) is 0 Å². The van der Waals surface area contributed by atoms with Gasteiger partial charge >= 0.3 is 5.69 Å². The van der Waals surface area contributed by atoms with Gasteiger partial charge in [-0.3, -0.25) is 9.78 Å². The maximum absolute atomic E-state index is 11.7. The molecule has 86 valence electrons. The van der Waals surface area contributed by atoms with Gasteiger partial charge in [0.15, 0.2) is 0 Å². The standard InChI is InChI=1S/C12H16N2O2/c15-10-8-7-12(4-1-2-5-12)6-3-9(8)13-11(16)14-10/h1-7H2,(H2,13,14,15,16). The first-order valence-corrected chi connectivity index (χ1v) is 6.03. The van der Waals surface area contributed by atoms with Crippen molar-refractivity contribution < 1.29 is 0 Å². The number of hydrogen-bond donors (Lipinski definition) is 2. The summed E-state index contributed by atoms with van der Waals surface area (Å²) >= 11 is 0. The molecule has 4 nitrogen and oxygen atoms in total. The molecule has 2 aliphatic rings. The molecule has 0 bridgehead atoms. The second-order valence-corrected chi connectivity index (χ2v) is 5.25. The fraction of sp³-hybridized carbons (Fsp3) is 0.667. The Hall–Kier alpha value is -1.32. The van der Waals surface area contributed by atoms with E-state index in [1.807, 2.05) is 0 Å². The van der Waals surface area contributed by atoms with Gasteiger partial charge in [-0.2, -0.15) is 0 Å². The van der Waals surface area contributed by atoms with Crippen molar-refractivity contribution in [3.63, 3.8) is 0 Å². The van der Waals surface area contributed by atoms with E-state index in [9.17, 15) is 9.59 Å². The number of aromatic nitrogens is 2. The Labute approximate surface area is 93.1 Å². The summed E-state index contributed by atoms with van der Waals surface area (Å²) in [6.07, 6.45) is 7.89. The first kappa shape index (κ1) is 9.87. The first-order chi connectivity index (χ1) is 7.69. The molecule has 2 N–H and O–H groups in total. The van der Waals surface area contributed by atoms with Crippen LogP contribution in [0.4, 0.5) is 0 Å². The molecule has 0 unspecified atom stereocenters. The zero-order valence-corrected chi connectivity index (χ0v) is 9.27. The molecular formula is C12H16N2O2. The van der Waals surface area contributed by atoms with Gasteiger partial charge in [-0.05, 0) is 37.5 Å². The van der Waals surface area contributed by atoms with Gasteiger partial charge in [0, 0.05) is 11.3 Å². The fourth-order valence-electron chi connectivity index (χ4n) is 3.37. The van der Waals surface area contributed by atoms with E-state index < -0.39 is 0 Å². The smallest absolute Gasteiger partial charge is 0.311 e. The molecule has 1 fully saturated rings. The van der Waals surface area contributed by atoms with Crippen molar-refractivity contribution >= 4 is 0 Å². The monoisotopic (exact) mass is 220 g/mol. The topological polar surface area (TPSA) is 65.7 Å². The number of aromatic amines is 2. The normalized spacial score (nSPS) is 22.2. The lowest BCUT2D eigenvalue weighted by Crippen LogP contribution is -2.36. The molecule has 1 spiro atoms. The van der Waals surface area contributed by atoms with Gasteiger partial charge < -0.3 is 4.98 Å². The van der Waals surface area contributed by atoms with Gasteiger partial charge in [0.25, 0.3) is 5.56 Å². The lowest BCUT2D eigenvalue weighted by molar-refractivity contribution is 0.251. The second kappa shape index (κ2) is 3.34. The summed E-state index contributed by atoms with van der Waals surface area (Å²) in [5, 5.41) is 0. The highest BCUT2D eigenvalue weighted by Crippen LogP contribution is 2.46. The average molecular weight is 220 g/mol. The molecule has 0 radical (unpaired) electrons. The van der Waals surface area contributed by atoms with Gasteiger partial charge in [-0.15, -0.1) is 0 Å². The van der Waals surface area contributed by atoms with Crippen molar-refractivity contribution in [1.82, 2.24) is 9.97 Å². The SMILES string of the molecule is O=c1[nH]c2c(c(=O)[nH]1)CC1(CCCC1)CC2. The maximum atomic E-state index is 11.7. The number of nitrogens with one attached hydrogen (secondary N) is 2. The lowest BCUT2D eigenvalue weighted by Gasteiger charge is -2.33. The van der Waals surface area contributed by atoms with Crippen LogP contribution in [0.5, 0.6) is 0 Å². The van der Waals surface area contributed by atoms with Gasteiger partial charge in [-0.25, -0.2) is 4.79 Å². The predicted molar refractivity (Wildman–Crippen MR) is 60.6 cm³/mol. The molecule has 3 rings (SSSR count). The van der Waals surface area contributed by atoms with Crippen molar-refractivity contribution in [2.45, 2.75) is 44.9 Å². The van der Waals surface area contributed by atoms with E-state index in [0.29, 0.717) is 5.41 Å². The largest absolute Gasteiger partial charge is 0.325 e.